The van der Waals surface area contributed by atoms with Crippen LogP contribution in [-0.2, 0) is 13.0 Å². The van der Waals surface area contributed by atoms with E-state index in [2.05, 4.69) is 51.8 Å². The minimum absolute atomic E-state index is 0.757. The summed E-state index contributed by atoms with van der Waals surface area (Å²) in [7, 11) is 0. The third-order valence-corrected chi connectivity index (χ3v) is 3.56. The fourth-order valence-electron chi connectivity index (χ4n) is 2.13. The summed E-state index contributed by atoms with van der Waals surface area (Å²) in [5.41, 5.74) is 8.28. The lowest BCUT2D eigenvalue weighted by Crippen LogP contribution is -1.99. The van der Waals surface area contributed by atoms with Gasteiger partial charge in [0.25, 0.3) is 0 Å². The van der Waals surface area contributed by atoms with Crippen molar-refractivity contribution >= 4 is 26.8 Å². The molecule has 0 spiro atoms. The van der Waals surface area contributed by atoms with Crippen LogP contribution >= 0.6 is 15.9 Å². The molecule has 0 radical (unpaired) electrons. The van der Waals surface area contributed by atoms with Crippen molar-refractivity contribution in [2.75, 3.05) is 6.54 Å². The molecule has 1 aromatic heterocycles. The zero-order valence-corrected chi connectivity index (χ0v) is 11.1. The molecule has 16 heavy (non-hydrogen) atoms. The van der Waals surface area contributed by atoms with Crippen LogP contribution in [0, 0.1) is 0 Å². The van der Waals surface area contributed by atoms with Gasteiger partial charge in [-0.25, -0.2) is 0 Å². The molecule has 1 aromatic carbocycles. The van der Waals surface area contributed by atoms with Crippen LogP contribution < -0.4 is 5.73 Å². The Bertz CT molecular complexity index is 488. The second kappa shape index (κ2) is 5.02. The average Bonchev–Trinajstić information content (AvgIpc) is 2.66. The van der Waals surface area contributed by atoms with Gasteiger partial charge in [0.05, 0.1) is 5.52 Å². The molecule has 0 saturated heterocycles. The Morgan fingerprint density at radius 1 is 1.38 bits per heavy atom. The number of aromatic nitrogens is 1. The monoisotopic (exact) mass is 280 g/mol. The molecule has 86 valence electrons. The first kappa shape index (κ1) is 11.7. The van der Waals surface area contributed by atoms with Crippen molar-refractivity contribution in [3.05, 3.63) is 34.4 Å². The zero-order chi connectivity index (χ0) is 11.5. The largest absolute Gasteiger partial charge is 0.347 e. The molecule has 0 fully saturated rings. The third kappa shape index (κ3) is 2.02. The number of fused-ring (bicyclic) bond motifs is 1. The number of halogens is 1. The SMILES string of the molecule is CCn1cc(CCCN)c2cccc(Br)c21. The molecule has 0 atom stereocenters. The van der Waals surface area contributed by atoms with Crippen LogP contribution in [0.1, 0.15) is 18.9 Å². The predicted octanol–water partition coefficient (Wildman–Crippen LogP) is 3.32. The van der Waals surface area contributed by atoms with E-state index in [1.54, 1.807) is 0 Å². The van der Waals surface area contributed by atoms with Crippen LogP contribution in [0.4, 0.5) is 0 Å². The van der Waals surface area contributed by atoms with Crippen molar-refractivity contribution in [1.82, 2.24) is 4.57 Å². The van der Waals surface area contributed by atoms with Gasteiger partial charge in [-0.15, -0.1) is 0 Å². The summed E-state index contributed by atoms with van der Waals surface area (Å²) in [4.78, 5) is 0. The van der Waals surface area contributed by atoms with Crippen molar-refractivity contribution in [2.24, 2.45) is 5.73 Å². The highest BCUT2D eigenvalue weighted by Gasteiger charge is 2.09. The van der Waals surface area contributed by atoms with E-state index in [-0.39, 0.29) is 0 Å². The van der Waals surface area contributed by atoms with Gasteiger partial charge in [-0.3, -0.25) is 0 Å². The first-order valence-corrected chi connectivity index (χ1v) is 6.53. The molecule has 0 aliphatic heterocycles. The first-order chi connectivity index (χ1) is 7.77. The third-order valence-electron chi connectivity index (χ3n) is 2.92. The molecule has 0 amide bonds. The number of nitrogens with two attached hydrogens (primary N) is 1. The van der Waals surface area contributed by atoms with E-state index in [1.807, 2.05) is 0 Å². The highest BCUT2D eigenvalue weighted by molar-refractivity contribution is 9.10. The van der Waals surface area contributed by atoms with Gasteiger partial charge in [-0.05, 0) is 53.9 Å². The van der Waals surface area contributed by atoms with Gasteiger partial charge in [0, 0.05) is 22.6 Å². The Morgan fingerprint density at radius 2 is 2.19 bits per heavy atom. The van der Waals surface area contributed by atoms with Gasteiger partial charge >= 0.3 is 0 Å². The molecule has 2 nitrogen and oxygen atoms in total. The number of aryl methyl sites for hydroxylation is 2. The lowest BCUT2D eigenvalue weighted by molar-refractivity contribution is 0.780. The molecule has 0 aliphatic carbocycles. The van der Waals surface area contributed by atoms with Crippen molar-refractivity contribution in [1.29, 1.82) is 0 Å². The predicted molar refractivity (Wildman–Crippen MR) is 72.7 cm³/mol. The average molecular weight is 281 g/mol. The van der Waals surface area contributed by atoms with Crippen molar-refractivity contribution in [3.8, 4) is 0 Å². The number of benzene rings is 1. The Hall–Kier alpha value is -0.800. The number of rotatable bonds is 4. The fraction of sp³-hybridized carbons (Fsp3) is 0.385. The standard InChI is InChI=1S/C13H17BrN2/c1-2-16-9-10(5-4-8-15)11-6-3-7-12(14)13(11)16/h3,6-7,9H,2,4-5,8,15H2,1H3. The topological polar surface area (TPSA) is 30.9 Å². The normalized spacial score (nSPS) is 11.2. The molecule has 0 aliphatic rings. The Morgan fingerprint density at radius 3 is 2.88 bits per heavy atom. The summed E-state index contributed by atoms with van der Waals surface area (Å²) in [6, 6.07) is 6.39. The maximum absolute atomic E-state index is 5.57. The quantitative estimate of drug-likeness (QED) is 0.915. The molecule has 0 unspecified atom stereocenters. The van der Waals surface area contributed by atoms with Crippen LogP contribution in [-0.4, -0.2) is 11.1 Å². The molecular weight excluding hydrogens is 264 g/mol. The maximum atomic E-state index is 5.57. The van der Waals surface area contributed by atoms with Crippen LogP contribution in [0.2, 0.25) is 0 Å². The van der Waals surface area contributed by atoms with E-state index in [9.17, 15) is 0 Å². The van der Waals surface area contributed by atoms with E-state index >= 15 is 0 Å². The summed E-state index contributed by atoms with van der Waals surface area (Å²) < 4.78 is 3.47. The number of hydrogen-bond acceptors (Lipinski definition) is 1. The maximum Gasteiger partial charge on any atom is 0.0627 e. The van der Waals surface area contributed by atoms with E-state index < -0.39 is 0 Å². The summed E-state index contributed by atoms with van der Waals surface area (Å²) in [5, 5.41) is 1.35. The van der Waals surface area contributed by atoms with Gasteiger partial charge < -0.3 is 10.3 Å². The smallest absolute Gasteiger partial charge is 0.0627 e. The second-order valence-corrected chi connectivity index (χ2v) is 4.82. The Kier molecular flexibility index (Phi) is 3.66. The number of para-hydroxylation sites is 1. The van der Waals surface area contributed by atoms with Crippen LogP contribution in [0.5, 0.6) is 0 Å². The van der Waals surface area contributed by atoms with Gasteiger partial charge in [-0.1, -0.05) is 12.1 Å². The van der Waals surface area contributed by atoms with E-state index in [4.69, 9.17) is 5.73 Å². The highest BCUT2D eigenvalue weighted by atomic mass is 79.9. The summed E-state index contributed by atoms with van der Waals surface area (Å²) >= 11 is 3.62. The van der Waals surface area contributed by atoms with Gasteiger partial charge in [-0.2, -0.15) is 0 Å². The molecule has 2 aromatic rings. The van der Waals surface area contributed by atoms with Crippen molar-refractivity contribution in [2.45, 2.75) is 26.3 Å². The Labute approximate surface area is 105 Å². The van der Waals surface area contributed by atoms with Gasteiger partial charge in [0.1, 0.15) is 0 Å². The van der Waals surface area contributed by atoms with Gasteiger partial charge in [0.2, 0.25) is 0 Å². The number of nitrogens with zero attached hydrogens (tertiary/aromatic N) is 1. The molecule has 2 N–H and O–H groups in total. The summed E-state index contributed by atoms with van der Waals surface area (Å²) in [5.74, 6) is 0. The minimum Gasteiger partial charge on any atom is -0.347 e. The second-order valence-electron chi connectivity index (χ2n) is 3.97. The molecule has 3 heteroatoms. The van der Waals surface area contributed by atoms with Crippen molar-refractivity contribution < 1.29 is 0 Å². The van der Waals surface area contributed by atoms with Crippen LogP contribution in [0.15, 0.2) is 28.9 Å². The van der Waals surface area contributed by atoms with E-state index in [0.29, 0.717) is 0 Å². The fourth-order valence-corrected chi connectivity index (χ4v) is 2.72. The number of hydrogen-bond donors (Lipinski definition) is 1. The lowest BCUT2D eigenvalue weighted by Gasteiger charge is -2.01. The first-order valence-electron chi connectivity index (χ1n) is 5.74. The van der Waals surface area contributed by atoms with Crippen LogP contribution in [0.3, 0.4) is 0 Å². The molecule has 1 heterocycles. The zero-order valence-electron chi connectivity index (χ0n) is 9.54. The summed E-state index contributed by atoms with van der Waals surface area (Å²) in [6.45, 7) is 3.93. The minimum atomic E-state index is 0.757. The Balaban J connectivity index is 2.54. The molecule has 2 rings (SSSR count). The highest BCUT2D eigenvalue weighted by Crippen LogP contribution is 2.28. The molecular formula is C13H17BrN2. The van der Waals surface area contributed by atoms with E-state index in [1.165, 1.54) is 20.9 Å². The summed E-state index contributed by atoms with van der Waals surface area (Å²) in [6.07, 6.45) is 4.37. The van der Waals surface area contributed by atoms with E-state index in [0.717, 1.165) is 25.9 Å². The molecule has 0 saturated carbocycles. The molecule has 0 bridgehead atoms. The van der Waals surface area contributed by atoms with Crippen molar-refractivity contribution in [3.63, 3.8) is 0 Å². The van der Waals surface area contributed by atoms with Gasteiger partial charge in [0.15, 0.2) is 0 Å². The van der Waals surface area contributed by atoms with Crippen LogP contribution in [0.25, 0.3) is 10.9 Å². The lowest BCUT2D eigenvalue weighted by atomic mass is 10.1.